The fourth-order valence-corrected chi connectivity index (χ4v) is 2.26. The number of aliphatic carboxylic acids is 1. The molecule has 0 aliphatic carbocycles. The molecule has 1 N–H and O–H groups in total. The highest BCUT2D eigenvalue weighted by molar-refractivity contribution is 5.76. The van der Waals surface area contributed by atoms with E-state index in [1.165, 1.54) is 0 Å². The Balaban J connectivity index is 3.19. The molecule has 19 heavy (non-hydrogen) atoms. The van der Waals surface area contributed by atoms with Crippen LogP contribution in [-0.4, -0.2) is 28.2 Å². The van der Waals surface area contributed by atoms with Crippen LogP contribution in [0.1, 0.15) is 61.5 Å². The molecule has 0 fully saturated rings. The predicted octanol–water partition coefficient (Wildman–Crippen LogP) is 2.77. The van der Waals surface area contributed by atoms with Crippen LogP contribution in [0.4, 0.5) is 0 Å². The van der Waals surface area contributed by atoms with Gasteiger partial charge in [-0.15, -0.1) is 0 Å². The van der Waals surface area contributed by atoms with E-state index in [0.717, 1.165) is 24.2 Å². The van der Waals surface area contributed by atoms with E-state index in [1.54, 1.807) is 14.0 Å². The summed E-state index contributed by atoms with van der Waals surface area (Å²) in [6, 6.07) is 0. The van der Waals surface area contributed by atoms with Crippen LogP contribution in [0.15, 0.2) is 0 Å². The van der Waals surface area contributed by atoms with E-state index in [2.05, 4.69) is 16.9 Å². The van der Waals surface area contributed by atoms with E-state index in [1.807, 2.05) is 13.8 Å². The van der Waals surface area contributed by atoms with Gasteiger partial charge in [-0.25, -0.2) is 9.97 Å². The molecule has 2 unspecified atom stereocenters. The van der Waals surface area contributed by atoms with Gasteiger partial charge in [0.1, 0.15) is 6.10 Å². The van der Waals surface area contributed by atoms with Gasteiger partial charge in [-0.3, -0.25) is 4.79 Å². The average Bonchev–Trinajstić information content (AvgIpc) is 2.34. The summed E-state index contributed by atoms with van der Waals surface area (Å²) in [7, 11) is 1.64. The Morgan fingerprint density at radius 3 is 2.21 bits per heavy atom. The Bertz CT molecular complexity index is 437. The first-order valence-electron chi connectivity index (χ1n) is 6.52. The number of aromatic nitrogens is 2. The highest BCUT2D eigenvalue weighted by atomic mass is 16.5. The molecule has 0 aromatic carbocycles. The summed E-state index contributed by atoms with van der Waals surface area (Å²) in [6.07, 6.45) is 1.70. The van der Waals surface area contributed by atoms with Crippen LogP contribution in [0.2, 0.25) is 0 Å². The molecule has 1 aromatic rings. The second-order valence-electron chi connectivity index (χ2n) is 4.74. The smallest absolute Gasteiger partial charge is 0.310 e. The number of carboxylic acid groups (broad SMARTS) is 1. The maximum Gasteiger partial charge on any atom is 0.310 e. The number of rotatable bonds is 6. The number of nitrogens with zero attached hydrogens (tertiary/aromatic N) is 2. The molecule has 0 amide bonds. The number of carbonyl (C=O) groups is 1. The standard InChI is InChI=1S/C14H22N2O3/c1-6-7-11(19-5)13-15-9(3)12(10(4)16-13)8(2)14(17)18/h8,11H,6-7H2,1-5H3,(H,17,18). The molecule has 0 spiro atoms. The fourth-order valence-electron chi connectivity index (χ4n) is 2.26. The minimum absolute atomic E-state index is 0.128. The number of hydrogen-bond acceptors (Lipinski definition) is 4. The summed E-state index contributed by atoms with van der Waals surface area (Å²) in [5.41, 5.74) is 2.13. The molecule has 1 rings (SSSR count). The molecule has 1 heterocycles. The lowest BCUT2D eigenvalue weighted by atomic mass is 9.98. The Labute approximate surface area is 114 Å². The summed E-state index contributed by atoms with van der Waals surface area (Å²) in [5.74, 6) is -0.818. The summed E-state index contributed by atoms with van der Waals surface area (Å²) < 4.78 is 5.39. The molecule has 2 atom stereocenters. The SMILES string of the molecule is CCCC(OC)c1nc(C)c(C(C)C(=O)O)c(C)n1. The first kappa shape index (κ1) is 15.6. The van der Waals surface area contributed by atoms with E-state index in [-0.39, 0.29) is 6.10 Å². The minimum Gasteiger partial charge on any atom is -0.481 e. The van der Waals surface area contributed by atoms with E-state index in [0.29, 0.717) is 11.4 Å². The maximum atomic E-state index is 11.1. The van der Waals surface area contributed by atoms with Crippen LogP contribution < -0.4 is 0 Å². The second kappa shape index (κ2) is 6.61. The lowest BCUT2D eigenvalue weighted by Crippen LogP contribution is -2.16. The predicted molar refractivity (Wildman–Crippen MR) is 72.2 cm³/mol. The van der Waals surface area contributed by atoms with Crippen LogP contribution in [0.25, 0.3) is 0 Å². The van der Waals surface area contributed by atoms with Crippen LogP contribution in [0, 0.1) is 13.8 Å². The van der Waals surface area contributed by atoms with E-state index >= 15 is 0 Å². The van der Waals surface area contributed by atoms with Gasteiger partial charge in [-0.1, -0.05) is 13.3 Å². The van der Waals surface area contributed by atoms with Gasteiger partial charge in [-0.05, 0) is 27.2 Å². The molecular weight excluding hydrogens is 244 g/mol. The summed E-state index contributed by atoms with van der Waals surface area (Å²) >= 11 is 0. The van der Waals surface area contributed by atoms with Crippen molar-refractivity contribution in [3.05, 3.63) is 22.8 Å². The number of aryl methyl sites for hydroxylation is 2. The van der Waals surface area contributed by atoms with E-state index in [9.17, 15) is 4.79 Å². The fraction of sp³-hybridized carbons (Fsp3) is 0.643. The molecule has 1 aromatic heterocycles. The third-order valence-corrected chi connectivity index (χ3v) is 3.27. The monoisotopic (exact) mass is 266 g/mol. The minimum atomic E-state index is -0.862. The normalized spacial score (nSPS) is 14.2. The average molecular weight is 266 g/mol. The molecule has 0 saturated carbocycles. The Morgan fingerprint density at radius 1 is 1.32 bits per heavy atom. The van der Waals surface area contributed by atoms with Gasteiger partial charge in [0.05, 0.1) is 5.92 Å². The van der Waals surface area contributed by atoms with Crippen molar-refractivity contribution in [2.75, 3.05) is 7.11 Å². The van der Waals surface area contributed by atoms with Crippen molar-refractivity contribution < 1.29 is 14.6 Å². The van der Waals surface area contributed by atoms with Crippen LogP contribution >= 0.6 is 0 Å². The Kier molecular flexibility index (Phi) is 5.42. The summed E-state index contributed by atoms with van der Waals surface area (Å²) in [4.78, 5) is 20.0. The molecule has 0 bridgehead atoms. The van der Waals surface area contributed by atoms with Crippen molar-refractivity contribution in [3.8, 4) is 0 Å². The lowest BCUT2D eigenvalue weighted by Gasteiger charge is -2.18. The highest BCUT2D eigenvalue weighted by Gasteiger charge is 2.22. The molecule has 0 saturated heterocycles. The maximum absolute atomic E-state index is 11.1. The quantitative estimate of drug-likeness (QED) is 0.857. The summed E-state index contributed by atoms with van der Waals surface area (Å²) in [5, 5.41) is 9.11. The zero-order chi connectivity index (χ0) is 14.6. The molecule has 106 valence electrons. The van der Waals surface area contributed by atoms with Crippen molar-refractivity contribution in [2.24, 2.45) is 0 Å². The Hall–Kier alpha value is -1.49. The molecule has 5 nitrogen and oxygen atoms in total. The van der Waals surface area contributed by atoms with Crippen molar-refractivity contribution in [3.63, 3.8) is 0 Å². The molecule has 0 radical (unpaired) electrons. The van der Waals surface area contributed by atoms with Gasteiger partial charge in [-0.2, -0.15) is 0 Å². The van der Waals surface area contributed by atoms with Gasteiger partial charge in [0.15, 0.2) is 5.82 Å². The molecule has 5 heteroatoms. The molecule has 0 aliphatic rings. The third-order valence-electron chi connectivity index (χ3n) is 3.27. The van der Waals surface area contributed by atoms with Crippen molar-refractivity contribution in [1.82, 2.24) is 9.97 Å². The van der Waals surface area contributed by atoms with Gasteiger partial charge >= 0.3 is 5.97 Å². The third kappa shape index (κ3) is 3.50. The zero-order valence-electron chi connectivity index (χ0n) is 12.2. The highest BCUT2D eigenvalue weighted by Crippen LogP contribution is 2.25. The Morgan fingerprint density at radius 2 is 1.84 bits per heavy atom. The number of ether oxygens (including phenoxy) is 1. The number of methoxy groups -OCH3 is 1. The van der Waals surface area contributed by atoms with Crippen LogP contribution in [-0.2, 0) is 9.53 Å². The summed E-state index contributed by atoms with van der Waals surface area (Å²) in [6.45, 7) is 7.38. The lowest BCUT2D eigenvalue weighted by molar-refractivity contribution is -0.138. The topological polar surface area (TPSA) is 72.3 Å². The van der Waals surface area contributed by atoms with Gasteiger partial charge in [0.25, 0.3) is 0 Å². The van der Waals surface area contributed by atoms with Crippen LogP contribution in [0.5, 0.6) is 0 Å². The van der Waals surface area contributed by atoms with Crippen molar-refractivity contribution >= 4 is 5.97 Å². The molecular formula is C14H22N2O3. The largest absolute Gasteiger partial charge is 0.481 e. The number of hydrogen-bond donors (Lipinski definition) is 1. The van der Waals surface area contributed by atoms with Gasteiger partial charge < -0.3 is 9.84 Å². The van der Waals surface area contributed by atoms with Gasteiger partial charge in [0, 0.05) is 24.1 Å². The zero-order valence-corrected chi connectivity index (χ0v) is 12.2. The van der Waals surface area contributed by atoms with Crippen molar-refractivity contribution in [2.45, 2.75) is 52.6 Å². The first-order valence-corrected chi connectivity index (χ1v) is 6.52. The second-order valence-corrected chi connectivity index (χ2v) is 4.74. The van der Waals surface area contributed by atoms with E-state index in [4.69, 9.17) is 9.84 Å². The van der Waals surface area contributed by atoms with Crippen LogP contribution in [0.3, 0.4) is 0 Å². The van der Waals surface area contributed by atoms with Gasteiger partial charge in [0.2, 0.25) is 0 Å². The molecule has 0 aliphatic heterocycles. The van der Waals surface area contributed by atoms with E-state index < -0.39 is 11.9 Å². The van der Waals surface area contributed by atoms with Crippen molar-refractivity contribution in [1.29, 1.82) is 0 Å². The first-order chi connectivity index (χ1) is 8.92. The number of carboxylic acids is 1.